The molecule has 1 N–H and O–H groups in total. The fourth-order valence-corrected chi connectivity index (χ4v) is 3.09. The second-order valence-electron chi connectivity index (χ2n) is 5.12. The number of halogens is 1. The highest BCUT2D eigenvalue weighted by Crippen LogP contribution is 2.23. The molecule has 0 radical (unpaired) electrons. The van der Waals surface area contributed by atoms with Crippen molar-refractivity contribution in [1.82, 2.24) is 15.1 Å². The highest BCUT2D eigenvalue weighted by atomic mass is 79.9. The summed E-state index contributed by atoms with van der Waals surface area (Å²) in [4.78, 5) is 0. The van der Waals surface area contributed by atoms with Crippen LogP contribution in [0.25, 0.3) is 0 Å². The van der Waals surface area contributed by atoms with Crippen LogP contribution in [0.2, 0.25) is 0 Å². The van der Waals surface area contributed by atoms with Gasteiger partial charge in [-0.15, -0.1) is 0 Å². The molecular formula is C14H24BrN3O2. The Balaban J connectivity index is 1.88. The molecule has 2 rings (SSSR count). The van der Waals surface area contributed by atoms with E-state index in [0.29, 0.717) is 13.2 Å². The van der Waals surface area contributed by atoms with Gasteiger partial charge >= 0.3 is 0 Å². The van der Waals surface area contributed by atoms with Crippen LogP contribution in [-0.2, 0) is 29.0 Å². The van der Waals surface area contributed by atoms with Gasteiger partial charge in [0.2, 0.25) is 0 Å². The number of hydrogen-bond donors (Lipinski definition) is 1. The predicted molar refractivity (Wildman–Crippen MR) is 81.8 cm³/mol. The molecule has 0 bridgehead atoms. The summed E-state index contributed by atoms with van der Waals surface area (Å²) < 4.78 is 14.7. The first kappa shape index (κ1) is 15.9. The molecule has 114 valence electrons. The van der Waals surface area contributed by atoms with Crippen molar-refractivity contribution in [1.29, 1.82) is 0 Å². The first-order valence-electron chi connectivity index (χ1n) is 7.33. The molecule has 0 aliphatic carbocycles. The lowest BCUT2D eigenvalue weighted by molar-refractivity contribution is -0.0723. The first-order valence-corrected chi connectivity index (χ1v) is 8.12. The number of nitrogens with one attached hydrogen (secondary N) is 1. The molecule has 0 aromatic carbocycles. The summed E-state index contributed by atoms with van der Waals surface area (Å²) >= 11 is 3.63. The highest BCUT2D eigenvalue weighted by Gasteiger charge is 2.20. The number of morpholine rings is 1. The van der Waals surface area contributed by atoms with E-state index in [4.69, 9.17) is 9.47 Å². The minimum Gasteiger partial charge on any atom is -0.372 e. The van der Waals surface area contributed by atoms with E-state index in [1.807, 2.05) is 4.68 Å². The molecular weight excluding hydrogens is 322 g/mol. The number of hydrogen-bond acceptors (Lipinski definition) is 4. The van der Waals surface area contributed by atoms with Crippen LogP contribution in [0, 0.1) is 0 Å². The lowest BCUT2D eigenvalue weighted by Crippen LogP contribution is -2.45. The lowest BCUT2D eigenvalue weighted by Gasteiger charge is -2.28. The van der Waals surface area contributed by atoms with E-state index >= 15 is 0 Å². The third-order valence-electron chi connectivity index (χ3n) is 3.47. The van der Waals surface area contributed by atoms with Gasteiger partial charge in [-0.3, -0.25) is 4.68 Å². The zero-order valence-electron chi connectivity index (χ0n) is 12.5. The van der Waals surface area contributed by atoms with Gasteiger partial charge in [-0.1, -0.05) is 6.92 Å². The fraction of sp³-hybridized carbons (Fsp3) is 0.786. The van der Waals surface area contributed by atoms with Crippen molar-refractivity contribution in [2.75, 3.05) is 19.7 Å². The van der Waals surface area contributed by atoms with Gasteiger partial charge in [0.25, 0.3) is 0 Å². The Morgan fingerprint density at radius 2 is 2.25 bits per heavy atom. The molecule has 0 amide bonds. The van der Waals surface area contributed by atoms with Gasteiger partial charge in [-0.05, 0) is 36.2 Å². The molecule has 1 fully saturated rings. The minimum absolute atomic E-state index is 0.140. The monoisotopic (exact) mass is 345 g/mol. The van der Waals surface area contributed by atoms with Crippen LogP contribution >= 0.6 is 15.9 Å². The smallest absolute Gasteiger partial charge is 0.0936 e. The third kappa shape index (κ3) is 3.81. The highest BCUT2D eigenvalue weighted by molar-refractivity contribution is 9.10. The SMILES string of the molecule is CCc1nn(CC)c(COCC2CNCC(C)O2)c1Br. The maximum Gasteiger partial charge on any atom is 0.0936 e. The standard InChI is InChI=1S/C14H24BrN3O2/c1-4-12-14(15)13(18(5-2)17-12)9-19-8-11-7-16-6-10(3)20-11/h10-11,16H,4-9H2,1-3H3. The Bertz CT molecular complexity index is 436. The van der Waals surface area contributed by atoms with E-state index in [2.05, 4.69) is 47.1 Å². The maximum absolute atomic E-state index is 5.83. The van der Waals surface area contributed by atoms with Crippen molar-refractivity contribution in [2.24, 2.45) is 0 Å². The van der Waals surface area contributed by atoms with Crippen LogP contribution in [0.4, 0.5) is 0 Å². The summed E-state index contributed by atoms with van der Waals surface area (Å²) in [5.74, 6) is 0. The third-order valence-corrected chi connectivity index (χ3v) is 4.38. The molecule has 1 aromatic heterocycles. The Kier molecular flexibility index (Phi) is 6.01. The molecule has 2 atom stereocenters. The average molecular weight is 346 g/mol. The number of aromatic nitrogens is 2. The van der Waals surface area contributed by atoms with Gasteiger partial charge in [0.15, 0.2) is 0 Å². The average Bonchev–Trinajstić information content (AvgIpc) is 2.75. The van der Waals surface area contributed by atoms with Crippen molar-refractivity contribution >= 4 is 15.9 Å². The Morgan fingerprint density at radius 1 is 1.45 bits per heavy atom. The molecule has 0 saturated carbocycles. The topological polar surface area (TPSA) is 48.3 Å². The van der Waals surface area contributed by atoms with E-state index < -0.39 is 0 Å². The summed E-state index contributed by atoms with van der Waals surface area (Å²) in [6, 6.07) is 0. The quantitative estimate of drug-likeness (QED) is 0.857. The van der Waals surface area contributed by atoms with Crippen LogP contribution in [0.15, 0.2) is 4.47 Å². The molecule has 20 heavy (non-hydrogen) atoms. The van der Waals surface area contributed by atoms with Crippen molar-refractivity contribution in [3.8, 4) is 0 Å². The Morgan fingerprint density at radius 3 is 2.90 bits per heavy atom. The second-order valence-corrected chi connectivity index (χ2v) is 5.91. The zero-order valence-corrected chi connectivity index (χ0v) is 14.1. The van der Waals surface area contributed by atoms with Gasteiger partial charge in [0, 0.05) is 19.6 Å². The van der Waals surface area contributed by atoms with E-state index in [-0.39, 0.29) is 12.2 Å². The van der Waals surface area contributed by atoms with Crippen LogP contribution in [0.5, 0.6) is 0 Å². The molecule has 1 aromatic rings. The number of nitrogens with zero attached hydrogens (tertiary/aromatic N) is 2. The van der Waals surface area contributed by atoms with Crippen LogP contribution < -0.4 is 5.32 Å². The van der Waals surface area contributed by atoms with Crippen molar-refractivity contribution in [3.63, 3.8) is 0 Å². The number of ether oxygens (including phenoxy) is 2. The summed E-state index contributed by atoms with van der Waals surface area (Å²) in [6.07, 6.45) is 1.33. The minimum atomic E-state index is 0.140. The first-order chi connectivity index (χ1) is 9.65. The van der Waals surface area contributed by atoms with E-state index in [0.717, 1.165) is 41.9 Å². The van der Waals surface area contributed by atoms with Gasteiger partial charge in [-0.25, -0.2) is 0 Å². The fourth-order valence-electron chi connectivity index (χ4n) is 2.41. The van der Waals surface area contributed by atoms with Gasteiger partial charge in [0.05, 0.1) is 41.3 Å². The zero-order chi connectivity index (χ0) is 14.5. The number of aryl methyl sites for hydroxylation is 2. The Labute approximate surface area is 129 Å². The van der Waals surface area contributed by atoms with E-state index in [9.17, 15) is 0 Å². The molecule has 0 spiro atoms. The van der Waals surface area contributed by atoms with Gasteiger partial charge in [0.1, 0.15) is 0 Å². The van der Waals surface area contributed by atoms with Crippen LogP contribution in [0.1, 0.15) is 32.2 Å². The molecule has 2 heterocycles. The second kappa shape index (κ2) is 7.54. The van der Waals surface area contributed by atoms with E-state index in [1.54, 1.807) is 0 Å². The molecule has 1 aliphatic rings. The summed E-state index contributed by atoms with van der Waals surface area (Å²) in [6.45, 7) is 10.1. The van der Waals surface area contributed by atoms with Gasteiger partial charge in [-0.2, -0.15) is 5.10 Å². The number of rotatable bonds is 6. The van der Waals surface area contributed by atoms with Crippen molar-refractivity contribution in [2.45, 2.75) is 52.6 Å². The van der Waals surface area contributed by atoms with Crippen LogP contribution in [0.3, 0.4) is 0 Å². The summed E-state index contributed by atoms with van der Waals surface area (Å²) in [5.41, 5.74) is 2.20. The molecule has 5 nitrogen and oxygen atoms in total. The summed E-state index contributed by atoms with van der Waals surface area (Å²) in [5, 5.41) is 7.92. The molecule has 2 unspecified atom stereocenters. The normalized spacial score (nSPS) is 23.2. The molecule has 1 aliphatic heterocycles. The maximum atomic E-state index is 5.83. The molecule has 1 saturated heterocycles. The Hall–Kier alpha value is -0.430. The van der Waals surface area contributed by atoms with Gasteiger partial charge < -0.3 is 14.8 Å². The lowest BCUT2D eigenvalue weighted by atomic mass is 10.2. The largest absolute Gasteiger partial charge is 0.372 e. The predicted octanol–water partition coefficient (Wildman–Crippen LogP) is 2.12. The summed E-state index contributed by atoms with van der Waals surface area (Å²) in [7, 11) is 0. The van der Waals surface area contributed by atoms with E-state index in [1.165, 1.54) is 0 Å². The van der Waals surface area contributed by atoms with Crippen LogP contribution in [-0.4, -0.2) is 41.7 Å². The van der Waals surface area contributed by atoms with Crippen molar-refractivity contribution < 1.29 is 9.47 Å². The molecule has 6 heteroatoms. The van der Waals surface area contributed by atoms with Crippen molar-refractivity contribution in [3.05, 3.63) is 15.9 Å².